The molecule has 118 valence electrons. The Bertz CT molecular complexity index is 638. The number of anilines is 1. The van der Waals surface area contributed by atoms with Crippen molar-refractivity contribution in [2.24, 2.45) is 11.3 Å². The molecule has 1 aromatic rings. The lowest BCUT2D eigenvalue weighted by molar-refractivity contribution is 0.120. The van der Waals surface area contributed by atoms with Crippen LogP contribution in [-0.2, 0) is 4.74 Å². The molecule has 5 nitrogen and oxygen atoms in total. The number of nitrogens with zero attached hydrogens (tertiary/aromatic N) is 3. The van der Waals surface area contributed by atoms with Crippen molar-refractivity contribution >= 4 is 29.1 Å². The van der Waals surface area contributed by atoms with E-state index in [1.807, 2.05) is 11.0 Å². The van der Waals surface area contributed by atoms with Crippen molar-refractivity contribution in [1.29, 1.82) is 5.26 Å². The molecule has 3 rings (SSSR count). The molecular weight excluding hydrogens is 325 g/mol. The SMILES string of the molecule is CC1(C)[C@@H](C=C(Cl)Cl)[C@@H]1c1nc(C#N)c(N2CCOCC2)o1. The molecule has 2 heterocycles. The van der Waals surface area contributed by atoms with E-state index < -0.39 is 0 Å². The highest BCUT2D eigenvalue weighted by molar-refractivity contribution is 6.55. The van der Waals surface area contributed by atoms with Gasteiger partial charge in [-0.15, -0.1) is 0 Å². The van der Waals surface area contributed by atoms with Crippen LogP contribution in [0.2, 0.25) is 0 Å². The second-order valence-corrected chi connectivity index (χ2v) is 7.21. The molecule has 1 saturated carbocycles. The summed E-state index contributed by atoms with van der Waals surface area (Å²) in [6.07, 6.45) is 1.82. The molecule has 7 heteroatoms. The van der Waals surface area contributed by atoms with Crippen molar-refractivity contribution in [3.05, 3.63) is 22.2 Å². The summed E-state index contributed by atoms with van der Waals surface area (Å²) in [5.41, 5.74) is 0.300. The number of oxazole rings is 1. The highest BCUT2D eigenvalue weighted by Crippen LogP contribution is 2.65. The van der Waals surface area contributed by atoms with Gasteiger partial charge in [-0.3, -0.25) is 0 Å². The van der Waals surface area contributed by atoms with E-state index in [1.54, 1.807) is 0 Å². The van der Waals surface area contributed by atoms with Crippen LogP contribution in [0.1, 0.15) is 31.4 Å². The lowest BCUT2D eigenvalue weighted by atomic mass is 10.1. The van der Waals surface area contributed by atoms with Crippen LogP contribution in [0.15, 0.2) is 15.0 Å². The Morgan fingerprint density at radius 3 is 2.68 bits per heavy atom. The van der Waals surface area contributed by atoms with E-state index in [-0.39, 0.29) is 21.7 Å². The average Bonchev–Trinajstić information content (AvgIpc) is 2.86. The first-order chi connectivity index (χ1) is 10.4. The Kier molecular flexibility index (Phi) is 4.11. The summed E-state index contributed by atoms with van der Waals surface area (Å²) in [6, 6.07) is 2.12. The third-order valence-electron chi connectivity index (χ3n) is 4.51. The Balaban J connectivity index is 1.89. The van der Waals surface area contributed by atoms with E-state index in [0.717, 1.165) is 0 Å². The topological polar surface area (TPSA) is 62.3 Å². The van der Waals surface area contributed by atoms with Gasteiger partial charge in [-0.25, -0.2) is 4.98 Å². The standard InChI is InChI=1S/C15H17Cl2N3O2/c1-15(2)9(7-11(16)17)12(15)13-19-10(8-18)14(22-13)20-3-5-21-6-4-20/h7,9,12H,3-6H2,1-2H3/t9-,12+/m0/s1. The lowest BCUT2D eigenvalue weighted by Crippen LogP contribution is -2.36. The lowest BCUT2D eigenvalue weighted by Gasteiger charge is -2.26. The number of hydrogen-bond donors (Lipinski definition) is 0. The third-order valence-corrected chi connectivity index (χ3v) is 4.76. The largest absolute Gasteiger partial charge is 0.423 e. The fraction of sp³-hybridized carbons (Fsp3) is 0.600. The van der Waals surface area contributed by atoms with E-state index in [4.69, 9.17) is 32.4 Å². The molecule has 1 saturated heterocycles. The van der Waals surface area contributed by atoms with E-state index in [1.165, 1.54) is 0 Å². The van der Waals surface area contributed by atoms with Gasteiger partial charge in [0.25, 0.3) is 0 Å². The number of nitriles is 1. The summed E-state index contributed by atoms with van der Waals surface area (Å²) >= 11 is 11.6. The van der Waals surface area contributed by atoms with Gasteiger partial charge < -0.3 is 14.1 Å². The van der Waals surface area contributed by atoms with Crippen LogP contribution >= 0.6 is 23.2 Å². The molecule has 0 bridgehead atoms. The molecule has 22 heavy (non-hydrogen) atoms. The van der Waals surface area contributed by atoms with E-state index in [9.17, 15) is 5.26 Å². The van der Waals surface area contributed by atoms with Gasteiger partial charge in [0.05, 0.1) is 13.2 Å². The molecule has 2 aliphatic rings. The Morgan fingerprint density at radius 1 is 1.41 bits per heavy atom. The summed E-state index contributed by atoms with van der Waals surface area (Å²) in [5, 5.41) is 9.32. The van der Waals surface area contributed by atoms with Crippen molar-refractivity contribution < 1.29 is 9.15 Å². The number of ether oxygens (including phenoxy) is 1. The second kappa shape index (κ2) is 5.77. The van der Waals surface area contributed by atoms with Crippen LogP contribution in [0.25, 0.3) is 0 Å². The third kappa shape index (κ3) is 2.71. The van der Waals surface area contributed by atoms with Crippen molar-refractivity contribution in [3.63, 3.8) is 0 Å². The maximum Gasteiger partial charge on any atom is 0.234 e. The predicted molar refractivity (Wildman–Crippen MR) is 84.1 cm³/mol. The smallest absolute Gasteiger partial charge is 0.234 e. The maximum absolute atomic E-state index is 9.32. The first-order valence-electron chi connectivity index (χ1n) is 7.21. The Hall–Kier alpha value is -1.22. The van der Waals surface area contributed by atoms with Crippen LogP contribution in [0.4, 0.5) is 5.88 Å². The summed E-state index contributed by atoms with van der Waals surface area (Å²) in [6.45, 7) is 6.88. The molecule has 0 radical (unpaired) electrons. The monoisotopic (exact) mass is 341 g/mol. The number of halogens is 2. The molecule has 0 spiro atoms. The molecule has 0 unspecified atom stereocenters. The van der Waals surface area contributed by atoms with Crippen LogP contribution in [0.5, 0.6) is 0 Å². The molecule has 1 aromatic heterocycles. The number of rotatable bonds is 3. The fourth-order valence-corrected chi connectivity index (χ4v) is 3.38. The quantitative estimate of drug-likeness (QED) is 0.842. The zero-order valence-corrected chi connectivity index (χ0v) is 14.0. The number of aromatic nitrogens is 1. The average molecular weight is 342 g/mol. The van der Waals surface area contributed by atoms with Gasteiger partial charge >= 0.3 is 0 Å². The van der Waals surface area contributed by atoms with Crippen molar-refractivity contribution in [1.82, 2.24) is 4.98 Å². The van der Waals surface area contributed by atoms with Crippen molar-refractivity contribution in [2.45, 2.75) is 19.8 Å². The fourth-order valence-electron chi connectivity index (χ4n) is 3.11. The minimum atomic E-state index is -0.0328. The van der Waals surface area contributed by atoms with Gasteiger partial charge in [-0.2, -0.15) is 5.26 Å². The molecule has 0 aromatic carbocycles. The van der Waals surface area contributed by atoms with E-state index in [2.05, 4.69) is 24.9 Å². The van der Waals surface area contributed by atoms with E-state index >= 15 is 0 Å². The summed E-state index contributed by atoms with van der Waals surface area (Å²) in [5.74, 6) is 1.38. The Labute approximate surface area is 139 Å². The minimum Gasteiger partial charge on any atom is -0.423 e. The van der Waals surface area contributed by atoms with Crippen LogP contribution in [-0.4, -0.2) is 31.3 Å². The second-order valence-electron chi connectivity index (χ2n) is 6.20. The summed E-state index contributed by atoms with van der Waals surface area (Å²) in [7, 11) is 0. The molecule has 2 fully saturated rings. The van der Waals surface area contributed by atoms with Gasteiger partial charge in [-0.1, -0.05) is 37.0 Å². The number of hydrogen-bond acceptors (Lipinski definition) is 5. The zero-order valence-electron chi connectivity index (χ0n) is 12.5. The molecule has 1 aliphatic carbocycles. The predicted octanol–water partition coefficient (Wildman–Crippen LogP) is 3.44. The highest BCUT2D eigenvalue weighted by atomic mass is 35.5. The molecule has 2 atom stereocenters. The van der Waals surface area contributed by atoms with E-state index in [0.29, 0.717) is 43.8 Å². The summed E-state index contributed by atoms with van der Waals surface area (Å²) in [4.78, 5) is 6.40. The molecule has 1 aliphatic heterocycles. The minimum absolute atomic E-state index is 0.0328. The van der Waals surface area contributed by atoms with Crippen LogP contribution in [0.3, 0.4) is 0 Å². The highest BCUT2D eigenvalue weighted by Gasteiger charge is 2.60. The van der Waals surface area contributed by atoms with Gasteiger partial charge in [0.1, 0.15) is 10.6 Å². The van der Waals surface area contributed by atoms with Gasteiger partial charge in [0.15, 0.2) is 0 Å². The number of allylic oxidation sites excluding steroid dienone is 1. The number of morpholine rings is 1. The van der Waals surface area contributed by atoms with Crippen LogP contribution < -0.4 is 4.90 Å². The van der Waals surface area contributed by atoms with Gasteiger partial charge in [-0.05, 0) is 17.4 Å². The summed E-state index contributed by atoms with van der Waals surface area (Å²) < 4.78 is 11.5. The molecule has 0 amide bonds. The van der Waals surface area contributed by atoms with Gasteiger partial charge in [0, 0.05) is 19.0 Å². The van der Waals surface area contributed by atoms with Crippen LogP contribution in [0, 0.1) is 22.7 Å². The van der Waals surface area contributed by atoms with Crippen molar-refractivity contribution in [2.75, 3.05) is 31.2 Å². The molecular formula is C15H17Cl2N3O2. The normalized spacial score (nSPS) is 26.4. The van der Waals surface area contributed by atoms with Gasteiger partial charge in [0.2, 0.25) is 17.5 Å². The Morgan fingerprint density at radius 2 is 2.09 bits per heavy atom. The zero-order chi connectivity index (χ0) is 15.9. The van der Waals surface area contributed by atoms with Crippen molar-refractivity contribution in [3.8, 4) is 6.07 Å². The first kappa shape index (κ1) is 15.7. The molecule has 0 N–H and O–H groups in total. The maximum atomic E-state index is 9.32. The first-order valence-corrected chi connectivity index (χ1v) is 7.97.